The molecule has 3 nitrogen and oxygen atoms in total. The Morgan fingerprint density at radius 3 is 2.42 bits per heavy atom. The minimum atomic E-state index is -0.167. The highest BCUT2D eigenvalue weighted by molar-refractivity contribution is 5.00. The van der Waals surface area contributed by atoms with E-state index in [0.29, 0.717) is 12.5 Å². The summed E-state index contributed by atoms with van der Waals surface area (Å²) < 4.78 is 5.85. The van der Waals surface area contributed by atoms with Crippen LogP contribution in [0.15, 0.2) is 0 Å². The summed E-state index contributed by atoms with van der Waals surface area (Å²) in [6.07, 6.45) is 9.94. The molecule has 0 bridgehead atoms. The zero-order chi connectivity index (χ0) is 14.0. The molecule has 1 saturated carbocycles. The number of nitrogens with one attached hydrogen (secondary N) is 1. The van der Waals surface area contributed by atoms with E-state index in [1.54, 1.807) is 0 Å². The highest BCUT2D eigenvalue weighted by Crippen LogP contribution is 2.39. The Hall–Kier alpha value is -0.120. The zero-order valence-electron chi connectivity index (χ0n) is 12.9. The summed E-state index contributed by atoms with van der Waals surface area (Å²) in [5.74, 6) is 0.615. The van der Waals surface area contributed by atoms with E-state index in [9.17, 15) is 5.11 Å². The molecule has 1 fully saturated rings. The third-order valence-corrected chi connectivity index (χ3v) is 4.12. The van der Waals surface area contributed by atoms with Gasteiger partial charge in [-0.3, -0.25) is 0 Å². The van der Waals surface area contributed by atoms with Crippen LogP contribution < -0.4 is 5.32 Å². The van der Waals surface area contributed by atoms with E-state index in [0.717, 1.165) is 26.0 Å². The number of ether oxygens (including phenoxy) is 1. The van der Waals surface area contributed by atoms with Crippen molar-refractivity contribution >= 4 is 0 Å². The summed E-state index contributed by atoms with van der Waals surface area (Å²) in [4.78, 5) is 0. The zero-order valence-corrected chi connectivity index (χ0v) is 12.9. The molecule has 114 valence electrons. The maximum absolute atomic E-state index is 9.74. The summed E-state index contributed by atoms with van der Waals surface area (Å²) in [6.45, 7) is 7.08. The molecule has 0 radical (unpaired) electrons. The molecule has 1 aliphatic rings. The van der Waals surface area contributed by atoms with Crippen LogP contribution >= 0.6 is 0 Å². The molecule has 0 aromatic heterocycles. The maximum Gasteiger partial charge on any atom is 0.0679 e. The summed E-state index contributed by atoms with van der Waals surface area (Å²) in [5, 5.41) is 13.3. The first-order valence-corrected chi connectivity index (χ1v) is 8.22. The van der Waals surface area contributed by atoms with Gasteiger partial charge in [0.1, 0.15) is 0 Å². The highest BCUT2D eigenvalue weighted by atomic mass is 16.5. The Labute approximate surface area is 119 Å². The number of aliphatic hydroxyl groups is 1. The molecule has 1 aliphatic carbocycles. The lowest BCUT2D eigenvalue weighted by Gasteiger charge is -2.33. The second-order valence-corrected chi connectivity index (χ2v) is 5.98. The largest absolute Gasteiger partial charge is 0.394 e. The van der Waals surface area contributed by atoms with Gasteiger partial charge in [-0.25, -0.2) is 0 Å². The summed E-state index contributed by atoms with van der Waals surface area (Å²) in [5.41, 5.74) is -0.167. The van der Waals surface area contributed by atoms with Crippen molar-refractivity contribution in [2.75, 3.05) is 26.4 Å². The standard InChI is InChI=1S/C16H33NO2/c1-3-5-6-7-8-12-19-14-16(13-18,15-9-10-15)17-11-4-2/h15,17-18H,3-14H2,1-2H3. The van der Waals surface area contributed by atoms with E-state index in [1.807, 2.05) is 0 Å². The normalized spacial score (nSPS) is 18.5. The van der Waals surface area contributed by atoms with E-state index in [2.05, 4.69) is 19.2 Å². The van der Waals surface area contributed by atoms with Crippen LogP contribution in [0.3, 0.4) is 0 Å². The average molecular weight is 271 g/mol. The number of aliphatic hydroxyl groups excluding tert-OH is 1. The van der Waals surface area contributed by atoms with Crippen molar-refractivity contribution in [3.8, 4) is 0 Å². The van der Waals surface area contributed by atoms with Gasteiger partial charge < -0.3 is 15.2 Å². The van der Waals surface area contributed by atoms with Gasteiger partial charge in [0.05, 0.1) is 18.8 Å². The van der Waals surface area contributed by atoms with Gasteiger partial charge in [0, 0.05) is 6.61 Å². The minimum Gasteiger partial charge on any atom is -0.394 e. The van der Waals surface area contributed by atoms with Crippen molar-refractivity contribution in [1.82, 2.24) is 5.32 Å². The molecule has 1 atom stereocenters. The molecule has 19 heavy (non-hydrogen) atoms. The van der Waals surface area contributed by atoms with Gasteiger partial charge in [0.15, 0.2) is 0 Å². The molecule has 0 heterocycles. The average Bonchev–Trinajstić information content (AvgIpc) is 3.26. The topological polar surface area (TPSA) is 41.5 Å². The lowest BCUT2D eigenvalue weighted by atomic mass is 9.95. The van der Waals surface area contributed by atoms with Gasteiger partial charge in [0.25, 0.3) is 0 Å². The molecule has 1 rings (SSSR count). The Balaban J connectivity index is 2.17. The molecule has 0 spiro atoms. The molecular weight excluding hydrogens is 238 g/mol. The lowest BCUT2D eigenvalue weighted by Crippen LogP contribution is -2.54. The first-order chi connectivity index (χ1) is 9.29. The van der Waals surface area contributed by atoms with E-state index in [1.165, 1.54) is 38.5 Å². The van der Waals surface area contributed by atoms with Crippen molar-refractivity contribution in [2.24, 2.45) is 5.92 Å². The smallest absolute Gasteiger partial charge is 0.0679 e. The predicted molar refractivity (Wildman–Crippen MR) is 80.4 cm³/mol. The van der Waals surface area contributed by atoms with Crippen LogP contribution in [-0.2, 0) is 4.74 Å². The summed E-state index contributed by atoms with van der Waals surface area (Å²) in [6, 6.07) is 0. The molecule has 2 N–H and O–H groups in total. The first-order valence-electron chi connectivity index (χ1n) is 8.22. The second kappa shape index (κ2) is 9.73. The number of unbranched alkanes of at least 4 members (excludes halogenated alkanes) is 4. The highest BCUT2D eigenvalue weighted by Gasteiger charge is 2.44. The fourth-order valence-electron chi connectivity index (χ4n) is 2.62. The third-order valence-electron chi connectivity index (χ3n) is 4.12. The predicted octanol–water partition coefficient (Wildman–Crippen LogP) is 3.11. The second-order valence-electron chi connectivity index (χ2n) is 5.98. The van der Waals surface area contributed by atoms with Crippen LogP contribution in [-0.4, -0.2) is 37.0 Å². The van der Waals surface area contributed by atoms with Crippen LogP contribution in [0.1, 0.15) is 65.2 Å². The molecule has 0 amide bonds. The fraction of sp³-hybridized carbons (Fsp3) is 1.00. The van der Waals surface area contributed by atoms with Crippen LogP contribution in [0.5, 0.6) is 0 Å². The minimum absolute atomic E-state index is 0.167. The van der Waals surface area contributed by atoms with Gasteiger partial charge in [0.2, 0.25) is 0 Å². The fourth-order valence-corrected chi connectivity index (χ4v) is 2.62. The number of rotatable bonds is 13. The van der Waals surface area contributed by atoms with Crippen molar-refractivity contribution in [3.05, 3.63) is 0 Å². The Morgan fingerprint density at radius 2 is 1.84 bits per heavy atom. The molecule has 0 saturated heterocycles. The van der Waals surface area contributed by atoms with Gasteiger partial charge in [-0.15, -0.1) is 0 Å². The molecule has 1 unspecified atom stereocenters. The Morgan fingerprint density at radius 1 is 1.11 bits per heavy atom. The Bertz CT molecular complexity index is 219. The quantitative estimate of drug-likeness (QED) is 0.506. The molecule has 0 aliphatic heterocycles. The SMILES string of the molecule is CCCCCCCOCC(CO)(NCCC)C1CC1. The van der Waals surface area contributed by atoms with E-state index in [-0.39, 0.29) is 12.1 Å². The summed E-state index contributed by atoms with van der Waals surface area (Å²) in [7, 11) is 0. The van der Waals surface area contributed by atoms with E-state index >= 15 is 0 Å². The summed E-state index contributed by atoms with van der Waals surface area (Å²) >= 11 is 0. The van der Waals surface area contributed by atoms with Crippen LogP contribution in [0, 0.1) is 5.92 Å². The monoisotopic (exact) mass is 271 g/mol. The first kappa shape index (κ1) is 16.9. The lowest BCUT2D eigenvalue weighted by molar-refractivity contribution is 0.0224. The van der Waals surface area contributed by atoms with Crippen molar-refractivity contribution in [2.45, 2.75) is 70.8 Å². The molecule has 0 aromatic carbocycles. The van der Waals surface area contributed by atoms with E-state index < -0.39 is 0 Å². The van der Waals surface area contributed by atoms with Gasteiger partial charge >= 0.3 is 0 Å². The van der Waals surface area contributed by atoms with Gasteiger partial charge in [-0.05, 0) is 38.1 Å². The number of hydrogen-bond acceptors (Lipinski definition) is 3. The maximum atomic E-state index is 9.74. The van der Waals surface area contributed by atoms with Crippen LogP contribution in [0.2, 0.25) is 0 Å². The van der Waals surface area contributed by atoms with Gasteiger partial charge in [-0.2, -0.15) is 0 Å². The van der Waals surface area contributed by atoms with Crippen LogP contribution in [0.25, 0.3) is 0 Å². The number of hydrogen-bond donors (Lipinski definition) is 2. The van der Waals surface area contributed by atoms with Crippen LogP contribution in [0.4, 0.5) is 0 Å². The van der Waals surface area contributed by atoms with Crippen molar-refractivity contribution < 1.29 is 9.84 Å². The molecule has 0 aromatic rings. The molecule has 3 heteroatoms. The van der Waals surface area contributed by atoms with Crippen molar-refractivity contribution in [3.63, 3.8) is 0 Å². The van der Waals surface area contributed by atoms with Crippen molar-refractivity contribution in [1.29, 1.82) is 0 Å². The third kappa shape index (κ3) is 6.24. The Kier molecular flexibility index (Phi) is 8.67. The van der Waals surface area contributed by atoms with E-state index in [4.69, 9.17) is 4.74 Å². The molecular formula is C16H33NO2. The van der Waals surface area contributed by atoms with Gasteiger partial charge in [-0.1, -0.05) is 39.5 Å².